The number of hydrogen-bond acceptors (Lipinski definition) is 4. The highest BCUT2D eigenvalue weighted by molar-refractivity contribution is 5.80. The van der Waals surface area contributed by atoms with Crippen molar-refractivity contribution in [3.8, 4) is 0 Å². The number of nitrogens with zero attached hydrogens (tertiary/aromatic N) is 1. The number of carbonyl (C=O) groups is 2. The highest BCUT2D eigenvalue weighted by Gasteiger charge is 2.04. The van der Waals surface area contributed by atoms with Crippen LogP contribution in [0.5, 0.6) is 0 Å². The third-order valence-electron chi connectivity index (χ3n) is 2.09. The van der Waals surface area contributed by atoms with Gasteiger partial charge in [-0.1, -0.05) is 6.07 Å². The number of urea groups is 1. The lowest BCUT2D eigenvalue weighted by Gasteiger charge is -2.06. The van der Waals surface area contributed by atoms with Crippen LogP contribution in [0.15, 0.2) is 24.4 Å². The minimum Gasteiger partial charge on any atom is -0.465 e. The smallest absolute Gasteiger partial charge is 0.325 e. The van der Waals surface area contributed by atoms with E-state index < -0.39 is 5.97 Å². The fourth-order valence-electron chi connectivity index (χ4n) is 1.28. The molecule has 0 unspecified atom stereocenters. The summed E-state index contributed by atoms with van der Waals surface area (Å²) in [5.41, 5.74) is 0.906. The highest BCUT2D eigenvalue weighted by Crippen LogP contribution is 1.92. The average Bonchev–Trinajstić information content (AvgIpc) is 2.38. The molecule has 1 heterocycles. The molecule has 0 atom stereocenters. The maximum absolute atomic E-state index is 11.3. The van der Waals surface area contributed by atoms with Crippen molar-refractivity contribution in [3.05, 3.63) is 30.1 Å². The predicted octanol–water partition coefficient (Wildman–Crippen LogP) is 0.486. The SMILES string of the molecule is CCOC(=O)CNC(=O)NCCc1ccccn1. The van der Waals surface area contributed by atoms with E-state index in [1.54, 1.807) is 13.1 Å². The van der Waals surface area contributed by atoms with E-state index >= 15 is 0 Å². The van der Waals surface area contributed by atoms with E-state index in [0.29, 0.717) is 19.6 Å². The van der Waals surface area contributed by atoms with Crippen LogP contribution in [0.25, 0.3) is 0 Å². The first-order chi connectivity index (χ1) is 8.72. The number of nitrogens with one attached hydrogen (secondary N) is 2. The van der Waals surface area contributed by atoms with Crippen molar-refractivity contribution in [1.82, 2.24) is 15.6 Å². The largest absolute Gasteiger partial charge is 0.465 e. The van der Waals surface area contributed by atoms with Gasteiger partial charge in [-0.3, -0.25) is 9.78 Å². The third kappa shape index (κ3) is 5.83. The molecular formula is C12H17N3O3. The van der Waals surface area contributed by atoms with Gasteiger partial charge in [0.25, 0.3) is 0 Å². The minimum atomic E-state index is -0.447. The van der Waals surface area contributed by atoms with Gasteiger partial charge in [0.15, 0.2) is 0 Å². The standard InChI is InChI=1S/C12H17N3O3/c1-2-18-11(16)9-15-12(17)14-8-6-10-5-3-4-7-13-10/h3-5,7H,2,6,8-9H2,1H3,(H2,14,15,17). The van der Waals surface area contributed by atoms with E-state index in [2.05, 4.69) is 20.4 Å². The molecule has 0 radical (unpaired) electrons. The van der Waals surface area contributed by atoms with Crippen molar-refractivity contribution in [2.24, 2.45) is 0 Å². The summed E-state index contributed by atoms with van der Waals surface area (Å²) < 4.78 is 4.67. The number of hydrogen-bond donors (Lipinski definition) is 2. The van der Waals surface area contributed by atoms with Crippen LogP contribution >= 0.6 is 0 Å². The lowest BCUT2D eigenvalue weighted by atomic mass is 10.3. The molecule has 2 amide bonds. The monoisotopic (exact) mass is 251 g/mol. The highest BCUT2D eigenvalue weighted by atomic mass is 16.5. The number of carbonyl (C=O) groups excluding carboxylic acids is 2. The van der Waals surface area contributed by atoms with E-state index in [-0.39, 0.29) is 12.6 Å². The van der Waals surface area contributed by atoms with E-state index in [1.165, 1.54) is 0 Å². The first-order valence-corrected chi connectivity index (χ1v) is 5.79. The van der Waals surface area contributed by atoms with Crippen LogP contribution in [0.3, 0.4) is 0 Å². The molecular weight excluding hydrogens is 234 g/mol. The molecule has 0 aliphatic rings. The van der Waals surface area contributed by atoms with Crippen molar-refractivity contribution in [2.45, 2.75) is 13.3 Å². The maximum atomic E-state index is 11.3. The summed E-state index contributed by atoms with van der Waals surface area (Å²) >= 11 is 0. The Hall–Kier alpha value is -2.11. The van der Waals surface area contributed by atoms with Crippen molar-refractivity contribution < 1.29 is 14.3 Å². The van der Waals surface area contributed by atoms with E-state index in [1.807, 2.05) is 18.2 Å². The molecule has 0 aliphatic heterocycles. The van der Waals surface area contributed by atoms with Crippen LogP contribution in [-0.4, -0.2) is 36.7 Å². The molecule has 0 spiro atoms. The van der Waals surface area contributed by atoms with Gasteiger partial charge in [0.1, 0.15) is 6.54 Å². The lowest BCUT2D eigenvalue weighted by Crippen LogP contribution is -2.39. The molecule has 1 aromatic rings. The Morgan fingerprint density at radius 3 is 2.83 bits per heavy atom. The van der Waals surface area contributed by atoms with Gasteiger partial charge >= 0.3 is 12.0 Å². The topological polar surface area (TPSA) is 80.3 Å². The molecule has 98 valence electrons. The molecule has 18 heavy (non-hydrogen) atoms. The summed E-state index contributed by atoms with van der Waals surface area (Å²) in [7, 11) is 0. The normalized spacial score (nSPS) is 9.61. The Labute approximate surface area is 106 Å². The van der Waals surface area contributed by atoms with Crippen molar-refractivity contribution in [1.29, 1.82) is 0 Å². The van der Waals surface area contributed by atoms with Crippen molar-refractivity contribution in [3.63, 3.8) is 0 Å². The van der Waals surface area contributed by atoms with Gasteiger partial charge in [0.2, 0.25) is 0 Å². The summed E-state index contributed by atoms with van der Waals surface area (Å²) in [4.78, 5) is 26.4. The Balaban J connectivity index is 2.12. The molecule has 6 nitrogen and oxygen atoms in total. The second kappa shape index (κ2) is 8.05. The molecule has 1 aromatic heterocycles. The van der Waals surface area contributed by atoms with Crippen molar-refractivity contribution >= 4 is 12.0 Å². The number of rotatable bonds is 6. The Morgan fingerprint density at radius 1 is 1.33 bits per heavy atom. The molecule has 1 rings (SSSR count). The summed E-state index contributed by atoms with van der Waals surface area (Å²) in [6.45, 7) is 2.36. The van der Waals surface area contributed by atoms with E-state index in [0.717, 1.165) is 5.69 Å². The zero-order valence-corrected chi connectivity index (χ0v) is 10.3. The molecule has 0 bridgehead atoms. The number of pyridine rings is 1. The van der Waals surface area contributed by atoms with Crippen molar-refractivity contribution in [2.75, 3.05) is 19.7 Å². The third-order valence-corrected chi connectivity index (χ3v) is 2.09. The molecule has 0 fully saturated rings. The molecule has 2 N–H and O–H groups in total. The Kier molecular flexibility index (Phi) is 6.24. The summed E-state index contributed by atoms with van der Waals surface area (Å²) in [6.07, 6.45) is 2.35. The zero-order valence-electron chi connectivity index (χ0n) is 10.3. The fourth-order valence-corrected chi connectivity index (χ4v) is 1.28. The maximum Gasteiger partial charge on any atom is 0.325 e. The quantitative estimate of drug-likeness (QED) is 0.721. The molecule has 6 heteroatoms. The van der Waals surface area contributed by atoms with Crippen LogP contribution in [0.2, 0.25) is 0 Å². The average molecular weight is 251 g/mol. The van der Waals surface area contributed by atoms with Gasteiger partial charge in [-0.15, -0.1) is 0 Å². The predicted molar refractivity (Wildman–Crippen MR) is 66.0 cm³/mol. The lowest BCUT2D eigenvalue weighted by molar-refractivity contribution is -0.141. The van der Waals surface area contributed by atoms with Gasteiger partial charge in [-0.25, -0.2) is 4.79 Å². The van der Waals surface area contributed by atoms with Crippen LogP contribution < -0.4 is 10.6 Å². The van der Waals surface area contributed by atoms with Crippen LogP contribution in [-0.2, 0) is 16.0 Å². The minimum absolute atomic E-state index is 0.122. The molecule has 0 saturated heterocycles. The molecule has 0 aromatic carbocycles. The van der Waals surface area contributed by atoms with E-state index in [4.69, 9.17) is 0 Å². The first-order valence-electron chi connectivity index (χ1n) is 5.79. The summed E-state index contributed by atoms with van der Waals surface area (Å²) in [5, 5.41) is 5.04. The molecule has 0 saturated carbocycles. The van der Waals surface area contributed by atoms with Gasteiger partial charge < -0.3 is 15.4 Å². The number of ether oxygens (including phenoxy) is 1. The second-order valence-corrected chi connectivity index (χ2v) is 3.49. The van der Waals surface area contributed by atoms with Gasteiger partial charge in [0.05, 0.1) is 6.61 Å². The van der Waals surface area contributed by atoms with Crippen LogP contribution in [0.4, 0.5) is 4.79 Å². The molecule has 0 aliphatic carbocycles. The summed E-state index contributed by atoms with van der Waals surface area (Å²) in [6, 6.07) is 5.23. The van der Waals surface area contributed by atoms with Crippen LogP contribution in [0, 0.1) is 0 Å². The summed E-state index contributed by atoms with van der Waals surface area (Å²) in [5.74, 6) is -0.447. The van der Waals surface area contributed by atoms with E-state index in [9.17, 15) is 9.59 Å². The zero-order chi connectivity index (χ0) is 13.2. The van der Waals surface area contributed by atoms with Gasteiger partial charge in [-0.2, -0.15) is 0 Å². The van der Waals surface area contributed by atoms with Gasteiger partial charge in [0, 0.05) is 24.9 Å². The first kappa shape index (κ1) is 14.0. The Morgan fingerprint density at radius 2 is 2.17 bits per heavy atom. The fraction of sp³-hybridized carbons (Fsp3) is 0.417. The van der Waals surface area contributed by atoms with Crippen LogP contribution in [0.1, 0.15) is 12.6 Å². The Bertz CT molecular complexity index is 381. The van der Waals surface area contributed by atoms with Gasteiger partial charge in [-0.05, 0) is 19.1 Å². The number of esters is 1. The number of amides is 2. The second-order valence-electron chi connectivity index (χ2n) is 3.49. The number of aromatic nitrogens is 1.